The van der Waals surface area contributed by atoms with Crippen molar-refractivity contribution in [3.63, 3.8) is 0 Å². The lowest BCUT2D eigenvalue weighted by Crippen LogP contribution is -2.55. The zero-order valence-electron chi connectivity index (χ0n) is 11.5. The van der Waals surface area contributed by atoms with E-state index < -0.39 is 0 Å². The zero-order valence-corrected chi connectivity index (χ0v) is 11.5. The van der Waals surface area contributed by atoms with Gasteiger partial charge in [0.05, 0.1) is 6.61 Å². The molecule has 0 spiro atoms. The smallest absolute Gasteiger partial charge is 0.0502 e. The molecule has 0 amide bonds. The molecule has 1 saturated carbocycles. The predicted molar refractivity (Wildman–Crippen MR) is 71.0 cm³/mol. The van der Waals surface area contributed by atoms with E-state index in [4.69, 9.17) is 0 Å². The molecule has 0 aromatic rings. The van der Waals surface area contributed by atoms with Crippen molar-refractivity contribution in [3.05, 3.63) is 11.6 Å². The van der Waals surface area contributed by atoms with E-state index >= 15 is 0 Å². The van der Waals surface area contributed by atoms with Crippen LogP contribution >= 0.6 is 0 Å². The summed E-state index contributed by atoms with van der Waals surface area (Å²) in [6, 6.07) is 0. The minimum Gasteiger partial charge on any atom is -0.396 e. The highest BCUT2D eigenvalue weighted by molar-refractivity contribution is 5.19. The quantitative estimate of drug-likeness (QED) is 0.672. The molecule has 18 heavy (non-hydrogen) atoms. The van der Waals surface area contributed by atoms with E-state index in [9.17, 15) is 15.3 Å². The van der Waals surface area contributed by atoms with Crippen molar-refractivity contribution >= 4 is 0 Å². The van der Waals surface area contributed by atoms with Crippen LogP contribution in [0.15, 0.2) is 11.6 Å². The molecule has 0 aromatic carbocycles. The van der Waals surface area contributed by atoms with Crippen molar-refractivity contribution in [3.8, 4) is 0 Å². The average Bonchev–Trinajstić information content (AvgIpc) is 2.38. The van der Waals surface area contributed by atoms with Gasteiger partial charge in [-0.1, -0.05) is 25.0 Å². The van der Waals surface area contributed by atoms with Crippen molar-refractivity contribution in [1.82, 2.24) is 0 Å². The number of hydrogen-bond donors (Lipinski definition) is 3. The Labute approximate surface area is 110 Å². The average molecular weight is 254 g/mol. The molecule has 0 bridgehead atoms. The summed E-state index contributed by atoms with van der Waals surface area (Å²) in [6.07, 6.45) is 6.11. The van der Waals surface area contributed by atoms with Crippen LogP contribution in [0.4, 0.5) is 0 Å². The highest BCUT2D eigenvalue weighted by Crippen LogP contribution is 2.59. The standard InChI is InChI=1S/C15H26O3/c1-11-4-5-13-14(2,9-17)6-3-7-15(13,10-18)12(11)8-16/h4,12-13,16-18H,3,5-10H2,1-2H3/t12-,13+,14-,15+/m0/s1. The Bertz CT molecular complexity index is 339. The first-order valence-electron chi connectivity index (χ1n) is 7.03. The number of allylic oxidation sites excluding steroid dienone is 1. The highest BCUT2D eigenvalue weighted by Gasteiger charge is 2.55. The van der Waals surface area contributed by atoms with E-state index in [-0.39, 0.29) is 42.5 Å². The van der Waals surface area contributed by atoms with Crippen molar-refractivity contribution in [2.24, 2.45) is 22.7 Å². The molecule has 2 aliphatic rings. The molecule has 1 fully saturated rings. The SMILES string of the molecule is CC1=CC[C@@H]2[C@](C)(CO)CCC[C@@]2(CO)[C@H]1CO. The molecule has 0 aliphatic heterocycles. The van der Waals surface area contributed by atoms with Crippen LogP contribution in [-0.2, 0) is 0 Å². The fraction of sp³-hybridized carbons (Fsp3) is 0.867. The molecule has 0 unspecified atom stereocenters. The van der Waals surface area contributed by atoms with Crippen molar-refractivity contribution in [2.45, 2.75) is 39.5 Å². The van der Waals surface area contributed by atoms with Crippen LogP contribution in [0.5, 0.6) is 0 Å². The van der Waals surface area contributed by atoms with E-state index in [2.05, 4.69) is 19.9 Å². The van der Waals surface area contributed by atoms with Gasteiger partial charge in [0.2, 0.25) is 0 Å². The lowest BCUT2D eigenvalue weighted by molar-refractivity contribution is -0.116. The molecular weight excluding hydrogens is 228 g/mol. The van der Waals surface area contributed by atoms with Crippen molar-refractivity contribution in [2.75, 3.05) is 19.8 Å². The van der Waals surface area contributed by atoms with Gasteiger partial charge in [-0.2, -0.15) is 0 Å². The second-order valence-electron chi connectivity index (χ2n) is 6.53. The molecule has 4 atom stereocenters. The third-order valence-electron chi connectivity index (χ3n) is 5.68. The van der Waals surface area contributed by atoms with E-state index in [0.717, 1.165) is 25.7 Å². The summed E-state index contributed by atoms with van der Waals surface area (Å²) < 4.78 is 0. The van der Waals surface area contributed by atoms with E-state index in [1.54, 1.807) is 0 Å². The van der Waals surface area contributed by atoms with Gasteiger partial charge < -0.3 is 15.3 Å². The van der Waals surface area contributed by atoms with Gasteiger partial charge in [0, 0.05) is 24.5 Å². The van der Waals surface area contributed by atoms with Gasteiger partial charge in [0.25, 0.3) is 0 Å². The lowest BCUT2D eigenvalue weighted by atomic mass is 9.48. The van der Waals surface area contributed by atoms with E-state index in [1.165, 1.54) is 5.57 Å². The molecule has 104 valence electrons. The first kappa shape index (κ1) is 14.0. The topological polar surface area (TPSA) is 60.7 Å². The lowest BCUT2D eigenvalue weighted by Gasteiger charge is -2.57. The maximum atomic E-state index is 10.0. The fourth-order valence-electron chi connectivity index (χ4n) is 4.51. The minimum atomic E-state index is -0.233. The summed E-state index contributed by atoms with van der Waals surface area (Å²) in [4.78, 5) is 0. The van der Waals surface area contributed by atoms with Crippen LogP contribution in [0.3, 0.4) is 0 Å². The van der Waals surface area contributed by atoms with Gasteiger partial charge in [-0.15, -0.1) is 0 Å². The largest absolute Gasteiger partial charge is 0.396 e. The summed E-state index contributed by atoms with van der Waals surface area (Å²) in [5.41, 5.74) is 0.847. The number of aliphatic hydroxyl groups is 3. The van der Waals surface area contributed by atoms with Gasteiger partial charge >= 0.3 is 0 Å². The Morgan fingerprint density at radius 1 is 1.22 bits per heavy atom. The molecule has 2 rings (SSSR count). The van der Waals surface area contributed by atoms with Crippen LogP contribution in [0.25, 0.3) is 0 Å². The molecule has 3 heteroatoms. The number of aliphatic hydroxyl groups excluding tert-OH is 3. The summed E-state index contributed by atoms with van der Waals surface area (Å²) in [7, 11) is 0. The summed E-state index contributed by atoms with van der Waals surface area (Å²) >= 11 is 0. The zero-order chi connectivity index (χ0) is 13.4. The summed E-state index contributed by atoms with van der Waals surface area (Å²) in [6.45, 7) is 4.57. The highest BCUT2D eigenvalue weighted by atomic mass is 16.3. The molecule has 0 heterocycles. The van der Waals surface area contributed by atoms with E-state index in [1.807, 2.05) is 0 Å². The molecule has 0 radical (unpaired) electrons. The fourth-order valence-corrected chi connectivity index (χ4v) is 4.51. The Balaban J connectivity index is 2.44. The van der Waals surface area contributed by atoms with Crippen LogP contribution in [0.1, 0.15) is 39.5 Å². The Morgan fingerprint density at radius 2 is 1.94 bits per heavy atom. The Kier molecular flexibility index (Phi) is 3.86. The first-order valence-corrected chi connectivity index (χ1v) is 7.03. The number of rotatable bonds is 3. The second kappa shape index (κ2) is 4.95. The Hall–Kier alpha value is -0.380. The predicted octanol–water partition coefficient (Wildman–Crippen LogP) is 1.72. The second-order valence-corrected chi connectivity index (χ2v) is 6.53. The molecule has 3 nitrogen and oxygen atoms in total. The first-order chi connectivity index (χ1) is 8.54. The van der Waals surface area contributed by atoms with Crippen LogP contribution < -0.4 is 0 Å². The monoisotopic (exact) mass is 254 g/mol. The van der Waals surface area contributed by atoms with Crippen molar-refractivity contribution in [1.29, 1.82) is 0 Å². The molecule has 2 aliphatic carbocycles. The summed E-state index contributed by atoms with van der Waals surface area (Å²) in [5.74, 6) is 0.321. The minimum absolute atomic E-state index is 0.0485. The van der Waals surface area contributed by atoms with Gasteiger partial charge in [-0.3, -0.25) is 0 Å². The van der Waals surface area contributed by atoms with Gasteiger partial charge in [0.15, 0.2) is 0 Å². The Morgan fingerprint density at radius 3 is 2.50 bits per heavy atom. The van der Waals surface area contributed by atoms with Crippen LogP contribution in [0, 0.1) is 22.7 Å². The molecule has 3 N–H and O–H groups in total. The normalized spacial score (nSPS) is 44.4. The van der Waals surface area contributed by atoms with Crippen molar-refractivity contribution < 1.29 is 15.3 Å². The summed E-state index contributed by atoms with van der Waals surface area (Å²) in [5, 5.41) is 29.5. The van der Waals surface area contributed by atoms with Gasteiger partial charge in [-0.25, -0.2) is 0 Å². The molecule has 0 saturated heterocycles. The molecular formula is C15H26O3. The molecule has 0 aromatic heterocycles. The van der Waals surface area contributed by atoms with Crippen LogP contribution in [0.2, 0.25) is 0 Å². The van der Waals surface area contributed by atoms with Gasteiger partial charge in [0.1, 0.15) is 0 Å². The van der Waals surface area contributed by atoms with Gasteiger partial charge in [-0.05, 0) is 37.5 Å². The number of hydrogen-bond acceptors (Lipinski definition) is 3. The maximum Gasteiger partial charge on any atom is 0.0502 e. The van der Waals surface area contributed by atoms with E-state index in [0.29, 0.717) is 0 Å². The van der Waals surface area contributed by atoms with Crippen LogP contribution in [-0.4, -0.2) is 35.1 Å². The third-order valence-corrected chi connectivity index (χ3v) is 5.68. The third kappa shape index (κ3) is 1.84. The maximum absolute atomic E-state index is 10.0. The number of fused-ring (bicyclic) bond motifs is 1.